The van der Waals surface area contributed by atoms with Crippen LogP contribution in [0.2, 0.25) is 0 Å². The molecule has 4 rings (SSSR count). The zero-order valence-electron chi connectivity index (χ0n) is 21.9. The fourth-order valence-electron chi connectivity index (χ4n) is 4.70. The predicted molar refractivity (Wildman–Crippen MR) is 132 cm³/mol. The maximum Gasteiger partial charge on any atom is 0.345 e. The minimum absolute atomic E-state index is 0.0681. The highest BCUT2D eigenvalue weighted by molar-refractivity contribution is 5.92. The molecule has 1 fully saturated rings. The van der Waals surface area contributed by atoms with Crippen molar-refractivity contribution in [3.8, 4) is 0 Å². The molecule has 218 valence electrons. The lowest BCUT2D eigenvalue weighted by Gasteiger charge is -2.30. The molecule has 0 spiro atoms. The van der Waals surface area contributed by atoms with E-state index in [0.717, 1.165) is 0 Å². The van der Waals surface area contributed by atoms with E-state index in [1.165, 1.54) is 23.0 Å². The van der Waals surface area contributed by atoms with Gasteiger partial charge in [-0.05, 0) is 51.2 Å². The van der Waals surface area contributed by atoms with Gasteiger partial charge in [0.1, 0.15) is 12.3 Å². The van der Waals surface area contributed by atoms with Crippen molar-refractivity contribution in [1.82, 2.24) is 35.0 Å². The zero-order chi connectivity index (χ0) is 29.0. The van der Waals surface area contributed by atoms with Crippen LogP contribution in [-0.4, -0.2) is 60.4 Å². The van der Waals surface area contributed by atoms with Crippen molar-refractivity contribution in [3.63, 3.8) is 0 Å². The normalized spacial score (nSPS) is 17.3. The minimum atomic E-state index is -3.13. The Kier molecular flexibility index (Phi) is 9.03. The summed E-state index contributed by atoms with van der Waals surface area (Å²) in [6, 6.07) is 2.32. The van der Waals surface area contributed by atoms with Gasteiger partial charge < -0.3 is 20.5 Å². The molecule has 0 radical (unpaired) electrons. The van der Waals surface area contributed by atoms with Gasteiger partial charge in [-0.2, -0.15) is 19.0 Å². The standard InChI is InChI=1S/C25H31F4N7O4/c1-14(2)36-19(5-8-30-36)23(39)33-17(9-15-3-6-25(28,29)7-4-15)18-12-35-20(32-18)10-16(11-31-35)22(38)34-21(37)13-40-24(26)27/h5,8,10-12,14-15,17,22,24,38H,3-4,6-7,9,13H2,1-2H3,(H,33,39)(H,34,37)/t17-,22+/m0/s1. The molecule has 15 heteroatoms. The number of fused-ring (bicyclic) bond motifs is 1. The number of nitrogens with one attached hydrogen (secondary N) is 2. The quantitative estimate of drug-likeness (QED) is 0.237. The van der Waals surface area contributed by atoms with Gasteiger partial charge in [0, 0.05) is 30.6 Å². The number of rotatable bonds is 11. The number of carbonyl (C=O) groups is 2. The highest BCUT2D eigenvalue weighted by Crippen LogP contribution is 2.39. The van der Waals surface area contributed by atoms with Crippen LogP contribution in [0.15, 0.2) is 30.7 Å². The van der Waals surface area contributed by atoms with Crippen LogP contribution in [0.1, 0.15) is 86.0 Å². The van der Waals surface area contributed by atoms with Crippen LogP contribution in [0, 0.1) is 5.92 Å². The number of amides is 2. The van der Waals surface area contributed by atoms with Gasteiger partial charge in [0.05, 0.1) is 24.1 Å². The molecule has 0 saturated heterocycles. The van der Waals surface area contributed by atoms with Gasteiger partial charge in [-0.25, -0.2) is 18.3 Å². The highest BCUT2D eigenvalue weighted by Gasteiger charge is 2.36. The van der Waals surface area contributed by atoms with Gasteiger partial charge in [0.25, 0.3) is 5.91 Å². The van der Waals surface area contributed by atoms with Gasteiger partial charge in [0.2, 0.25) is 11.8 Å². The van der Waals surface area contributed by atoms with E-state index >= 15 is 0 Å². The van der Waals surface area contributed by atoms with Crippen LogP contribution < -0.4 is 10.6 Å². The highest BCUT2D eigenvalue weighted by atomic mass is 19.3. The number of aliphatic hydroxyl groups excluding tert-OH is 1. The van der Waals surface area contributed by atoms with E-state index in [1.54, 1.807) is 16.9 Å². The van der Waals surface area contributed by atoms with E-state index in [2.05, 4.69) is 30.6 Å². The molecule has 1 aliphatic rings. The van der Waals surface area contributed by atoms with Crippen molar-refractivity contribution in [2.24, 2.45) is 5.92 Å². The average molecular weight is 570 g/mol. The molecule has 0 aromatic carbocycles. The van der Waals surface area contributed by atoms with E-state index in [-0.39, 0.29) is 36.0 Å². The Labute approximate surface area is 226 Å². The Hall–Kier alpha value is -3.59. The molecular weight excluding hydrogens is 538 g/mol. The van der Waals surface area contributed by atoms with Gasteiger partial charge in [-0.3, -0.25) is 14.3 Å². The summed E-state index contributed by atoms with van der Waals surface area (Å²) in [6.07, 6.45) is 3.34. The van der Waals surface area contributed by atoms with E-state index in [4.69, 9.17) is 0 Å². The van der Waals surface area contributed by atoms with Crippen molar-refractivity contribution < 1.29 is 37.0 Å². The minimum Gasteiger partial charge on any atom is -0.369 e. The molecule has 2 atom stereocenters. The molecule has 0 aliphatic heterocycles. The number of halogens is 4. The molecule has 3 aromatic rings. The van der Waals surface area contributed by atoms with Crippen LogP contribution in [0.4, 0.5) is 17.6 Å². The summed E-state index contributed by atoms with van der Waals surface area (Å²) in [6.45, 7) is -0.300. The van der Waals surface area contributed by atoms with E-state index < -0.39 is 43.2 Å². The smallest absolute Gasteiger partial charge is 0.345 e. The fraction of sp³-hybridized carbons (Fsp3) is 0.560. The van der Waals surface area contributed by atoms with Crippen molar-refractivity contribution >= 4 is 17.5 Å². The van der Waals surface area contributed by atoms with Crippen LogP contribution >= 0.6 is 0 Å². The van der Waals surface area contributed by atoms with E-state index in [0.29, 0.717) is 30.7 Å². The summed E-state index contributed by atoms with van der Waals surface area (Å²) in [4.78, 5) is 29.5. The number of imidazole rings is 1. The molecule has 11 nitrogen and oxygen atoms in total. The first-order valence-electron chi connectivity index (χ1n) is 12.9. The van der Waals surface area contributed by atoms with Crippen molar-refractivity contribution in [2.45, 2.75) is 76.8 Å². The Morgan fingerprint density at radius 2 is 1.93 bits per heavy atom. The molecule has 3 heterocycles. The third-order valence-corrected chi connectivity index (χ3v) is 6.77. The molecule has 0 bridgehead atoms. The van der Waals surface area contributed by atoms with Crippen molar-refractivity contribution in [3.05, 3.63) is 47.7 Å². The number of aliphatic hydroxyl groups is 1. The topological polar surface area (TPSA) is 136 Å². The first-order chi connectivity index (χ1) is 18.9. The van der Waals surface area contributed by atoms with Gasteiger partial charge in [0.15, 0.2) is 11.9 Å². The summed E-state index contributed by atoms with van der Waals surface area (Å²) in [5.74, 6) is -4.12. The number of hydrogen-bond acceptors (Lipinski definition) is 7. The van der Waals surface area contributed by atoms with Crippen LogP contribution in [0.25, 0.3) is 5.65 Å². The number of aromatic nitrogens is 5. The molecular formula is C25H31F4N7O4. The summed E-state index contributed by atoms with van der Waals surface area (Å²) in [5, 5.41) is 23.8. The second-order valence-electron chi connectivity index (χ2n) is 10.1. The third kappa shape index (κ3) is 7.33. The van der Waals surface area contributed by atoms with Gasteiger partial charge in [-0.1, -0.05) is 0 Å². The van der Waals surface area contributed by atoms with Crippen LogP contribution in [0.5, 0.6) is 0 Å². The summed E-state index contributed by atoms with van der Waals surface area (Å²) < 4.78 is 58.7. The number of nitrogens with zero attached hydrogens (tertiary/aromatic N) is 5. The summed E-state index contributed by atoms with van der Waals surface area (Å²) in [5.41, 5.74) is 1.17. The van der Waals surface area contributed by atoms with Crippen molar-refractivity contribution in [2.75, 3.05) is 6.61 Å². The Morgan fingerprint density at radius 3 is 2.60 bits per heavy atom. The van der Waals surface area contributed by atoms with E-state index in [1.807, 2.05) is 13.8 Å². The van der Waals surface area contributed by atoms with Gasteiger partial charge in [-0.15, -0.1) is 0 Å². The van der Waals surface area contributed by atoms with E-state index in [9.17, 15) is 32.3 Å². The summed E-state index contributed by atoms with van der Waals surface area (Å²) in [7, 11) is 0. The molecule has 0 unspecified atom stereocenters. The first-order valence-corrected chi connectivity index (χ1v) is 12.9. The lowest BCUT2D eigenvalue weighted by atomic mass is 9.82. The SMILES string of the molecule is CC(C)n1nccc1C(=O)N[C@@H](CC1CCC(F)(F)CC1)c1cn2ncc([C@@H](O)NC(=O)COC(F)F)cc2n1. The molecule has 1 saturated carbocycles. The zero-order valence-corrected chi connectivity index (χ0v) is 21.9. The average Bonchev–Trinajstić information content (AvgIpc) is 3.55. The van der Waals surface area contributed by atoms with Crippen LogP contribution in [-0.2, 0) is 9.53 Å². The van der Waals surface area contributed by atoms with Gasteiger partial charge >= 0.3 is 6.61 Å². The second kappa shape index (κ2) is 12.3. The number of alkyl halides is 4. The monoisotopic (exact) mass is 569 g/mol. The maximum atomic E-state index is 13.8. The maximum absolute atomic E-state index is 13.8. The van der Waals surface area contributed by atoms with Crippen molar-refractivity contribution in [1.29, 1.82) is 0 Å². The number of hydrogen-bond donors (Lipinski definition) is 3. The Balaban J connectivity index is 1.55. The molecule has 3 aromatic heterocycles. The lowest BCUT2D eigenvalue weighted by Crippen LogP contribution is -2.33. The second-order valence-corrected chi connectivity index (χ2v) is 10.1. The van der Waals surface area contributed by atoms with Crippen LogP contribution in [0.3, 0.4) is 0 Å². The molecule has 1 aliphatic carbocycles. The molecule has 40 heavy (non-hydrogen) atoms. The number of carbonyl (C=O) groups excluding carboxylic acids is 2. The Morgan fingerprint density at radius 1 is 1.20 bits per heavy atom. The lowest BCUT2D eigenvalue weighted by molar-refractivity contribution is -0.154. The molecule has 2 amide bonds. The number of ether oxygens (including phenoxy) is 1. The predicted octanol–water partition coefficient (Wildman–Crippen LogP) is 3.54. The summed E-state index contributed by atoms with van der Waals surface area (Å²) >= 11 is 0. The largest absolute Gasteiger partial charge is 0.369 e. The third-order valence-electron chi connectivity index (χ3n) is 6.77. The Bertz CT molecular complexity index is 1320. The first kappa shape index (κ1) is 29.4. The molecule has 3 N–H and O–H groups in total. The fourth-order valence-corrected chi connectivity index (χ4v) is 4.70.